The zero-order valence-corrected chi connectivity index (χ0v) is 19.0. The van der Waals surface area contributed by atoms with Gasteiger partial charge in [0.2, 0.25) is 0 Å². The van der Waals surface area contributed by atoms with Crippen molar-refractivity contribution in [3.8, 4) is 26.9 Å². The van der Waals surface area contributed by atoms with E-state index in [2.05, 4.69) is 29.8 Å². The maximum Gasteiger partial charge on any atom is 0.142 e. The van der Waals surface area contributed by atoms with Gasteiger partial charge in [-0.25, -0.2) is 29.9 Å². The van der Waals surface area contributed by atoms with Crippen molar-refractivity contribution in [2.24, 2.45) is 0 Å². The summed E-state index contributed by atoms with van der Waals surface area (Å²) >= 11 is 1.57. The van der Waals surface area contributed by atoms with Gasteiger partial charge in [-0.2, -0.15) is 0 Å². The molecule has 8 nitrogen and oxygen atoms in total. The highest BCUT2D eigenvalue weighted by Gasteiger charge is 2.14. The van der Waals surface area contributed by atoms with Crippen molar-refractivity contribution >= 4 is 11.3 Å². The Kier molecular flexibility index (Phi) is 6.55. The molecule has 0 fully saturated rings. The lowest BCUT2D eigenvalue weighted by Gasteiger charge is -2.20. The number of aromatic nitrogens is 6. The molecule has 1 N–H and O–H groups in total. The molecule has 0 aliphatic carbocycles. The van der Waals surface area contributed by atoms with Crippen molar-refractivity contribution in [3.63, 3.8) is 0 Å². The summed E-state index contributed by atoms with van der Waals surface area (Å²) in [6.07, 6.45) is 8.81. The molecule has 0 radical (unpaired) electrons. The first-order valence-corrected chi connectivity index (χ1v) is 11.5. The largest absolute Gasteiger partial charge is 0.508 e. The summed E-state index contributed by atoms with van der Waals surface area (Å²) in [5.41, 5.74) is 2.74. The minimum Gasteiger partial charge on any atom is -0.508 e. The first-order valence-electron chi connectivity index (χ1n) is 10.7. The topological polar surface area (TPSA) is 101 Å². The molecule has 168 valence electrons. The Morgan fingerprint density at radius 2 is 1.35 bits per heavy atom. The van der Waals surface area contributed by atoms with Crippen molar-refractivity contribution in [2.45, 2.75) is 19.6 Å². The number of nitrogens with zero attached hydrogens (tertiary/aromatic N) is 7. The van der Waals surface area contributed by atoms with E-state index in [-0.39, 0.29) is 5.75 Å². The van der Waals surface area contributed by atoms with Crippen LogP contribution in [0.1, 0.15) is 17.3 Å². The molecule has 5 rings (SSSR count). The molecule has 5 aromatic rings. The van der Waals surface area contributed by atoms with Gasteiger partial charge in [-0.1, -0.05) is 6.07 Å². The second-order valence-electron chi connectivity index (χ2n) is 7.57. The zero-order chi connectivity index (χ0) is 23.2. The van der Waals surface area contributed by atoms with E-state index in [0.717, 1.165) is 38.5 Å². The number of phenolic OH excluding ortho intramolecular Hbond substituents is 1. The maximum atomic E-state index is 9.53. The molecule has 1 aromatic carbocycles. The summed E-state index contributed by atoms with van der Waals surface area (Å²) in [4.78, 5) is 30.1. The van der Waals surface area contributed by atoms with E-state index in [0.29, 0.717) is 19.6 Å². The van der Waals surface area contributed by atoms with Crippen molar-refractivity contribution in [2.75, 3.05) is 0 Å². The molecule has 0 atom stereocenters. The third kappa shape index (κ3) is 5.45. The van der Waals surface area contributed by atoms with Gasteiger partial charge < -0.3 is 5.11 Å². The van der Waals surface area contributed by atoms with Crippen LogP contribution in [0.5, 0.6) is 5.75 Å². The van der Waals surface area contributed by atoms with Gasteiger partial charge >= 0.3 is 0 Å². The van der Waals surface area contributed by atoms with Gasteiger partial charge in [0.15, 0.2) is 0 Å². The number of thiazole rings is 1. The van der Waals surface area contributed by atoms with Gasteiger partial charge in [0.05, 0.1) is 29.4 Å². The Balaban J connectivity index is 1.37. The molecule has 0 aliphatic heterocycles. The van der Waals surface area contributed by atoms with E-state index in [1.807, 2.05) is 36.5 Å². The monoisotopic (exact) mass is 467 g/mol. The normalized spacial score (nSPS) is 11.1. The number of phenols is 1. The average molecular weight is 468 g/mol. The molecular weight excluding hydrogens is 446 g/mol. The van der Waals surface area contributed by atoms with Gasteiger partial charge in [0, 0.05) is 37.5 Å². The highest BCUT2D eigenvalue weighted by Crippen LogP contribution is 2.32. The third-order valence-electron chi connectivity index (χ3n) is 5.04. The second-order valence-corrected chi connectivity index (χ2v) is 8.60. The summed E-state index contributed by atoms with van der Waals surface area (Å²) in [5.74, 6) is 1.70. The quantitative estimate of drug-likeness (QED) is 0.359. The van der Waals surface area contributed by atoms with Crippen molar-refractivity contribution < 1.29 is 5.11 Å². The average Bonchev–Trinajstić information content (AvgIpc) is 3.36. The van der Waals surface area contributed by atoms with E-state index < -0.39 is 0 Å². The van der Waals surface area contributed by atoms with Gasteiger partial charge in [0.1, 0.15) is 22.4 Å². The third-order valence-corrected chi connectivity index (χ3v) is 6.11. The van der Waals surface area contributed by atoms with Crippen LogP contribution in [0.15, 0.2) is 85.6 Å². The van der Waals surface area contributed by atoms with E-state index in [1.165, 1.54) is 0 Å². The van der Waals surface area contributed by atoms with Crippen molar-refractivity contribution in [3.05, 3.63) is 103 Å². The Morgan fingerprint density at radius 1 is 0.706 bits per heavy atom. The first-order chi connectivity index (χ1) is 16.7. The Bertz CT molecular complexity index is 1300. The number of pyridine rings is 1. The van der Waals surface area contributed by atoms with Crippen LogP contribution in [0, 0.1) is 0 Å². The lowest BCUT2D eigenvalue weighted by atomic mass is 10.2. The first kappa shape index (κ1) is 21.7. The van der Waals surface area contributed by atoms with E-state index in [9.17, 15) is 5.11 Å². The van der Waals surface area contributed by atoms with Crippen molar-refractivity contribution in [1.82, 2.24) is 34.8 Å². The fourth-order valence-corrected chi connectivity index (χ4v) is 4.35. The van der Waals surface area contributed by atoms with Crippen LogP contribution in [0.3, 0.4) is 0 Å². The van der Waals surface area contributed by atoms with Crippen LogP contribution in [0.2, 0.25) is 0 Å². The van der Waals surface area contributed by atoms with Crippen LogP contribution in [0.25, 0.3) is 21.1 Å². The van der Waals surface area contributed by atoms with Gasteiger partial charge in [0.25, 0.3) is 0 Å². The predicted octanol–water partition coefficient (Wildman–Crippen LogP) is 4.36. The molecule has 4 aromatic heterocycles. The fourth-order valence-electron chi connectivity index (χ4n) is 3.46. The number of hydrogen-bond donors (Lipinski definition) is 1. The summed E-state index contributed by atoms with van der Waals surface area (Å²) in [6, 6.07) is 16.7. The number of hydrogen-bond acceptors (Lipinski definition) is 9. The van der Waals surface area contributed by atoms with Gasteiger partial charge in [-0.15, -0.1) is 11.3 Å². The standard InChI is InChI=1S/C25H21N7OS/c33-20-8-6-18(7-9-20)22-14-30-25(34-22)21-5-1-4-19(31-21)15-32(16-23-26-10-2-11-27-23)17-24-28-12-3-13-29-24/h1-14,33H,15-17H2. The molecule has 9 heteroatoms. The van der Waals surface area contributed by atoms with Crippen LogP contribution < -0.4 is 0 Å². The smallest absolute Gasteiger partial charge is 0.142 e. The highest BCUT2D eigenvalue weighted by molar-refractivity contribution is 7.18. The SMILES string of the molecule is Oc1ccc(-c2cnc(-c3cccc(CN(Cc4ncccn4)Cc4ncccn4)n3)s2)cc1. The van der Waals surface area contributed by atoms with Crippen molar-refractivity contribution in [1.29, 1.82) is 0 Å². The van der Waals surface area contributed by atoms with E-state index >= 15 is 0 Å². The minimum absolute atomic E-state index is 0.245. The molecule has 0 saturated carbocycles. The Morgan fingerprint density at radius 3 is 2.00 bits per heavy atom. The summed E-state index contributed by atoms with van der Waals surface area (Å²) in [6.45, 7) is 1.68. The number of benzene rings is 1. The summed E-state index contributed by atoms with van der Waals surface area (Å²) in [7, 11) is 0. The molecule has 0 spiro atoms. The van der Waals surface area contributed by atoms with E-state index in [1.54, 1.807) is 60.4 Å². The predicted molar refractivity (Wildman–Crippen MR) is 129 cm³/mol. The Labute approximate surface area is 200 Å². The molecule has 0 unspecified atom stereocenters. The molecule has 0 saturated heterocycles. The molecule has 0 amide bonds. The van der Waals surface area contributed by atoms with E-state index in [4.69, 9.17) is 4.98 Å². The lowest BCUT2D eigenvalue weighted by molar-refractivity contribution is 0.232. The molecule has 34 heavy (non-hydrogen) atoms. The van der Waals surface area contributed by atoms with Gasteiger partial charge in [-0.3, -0.25) is 4.90 Å². The molecule has 0 bridgehead atoms. The summed E-state index contributed by atoms with van der Waals surface area (Å²) < 4.78 is 0. The Hall–Kier alpha value is -4.08. The molecule has 4 heterocycles. The number of rotatable bonds is 8. The van der Waals surface area contributed by atoms with Crippen LogP contribution in [-0.4, -0.2) is 39.9 Å². The number of aromatic hydroxyl groups is 1. The zero-order valence-electron chi connectivity index (χ0n) is 18.2. The fraction of sp³-hybridized carbons (Fsp3) is 0.120. The minimum atomic E-state index is 0.245. The maximum absolute atomic E-state index is 9.53. The molecule has 0 aliphatic rings. The molecular formula is C25H21N7OS. The van der Waals surface area contributed by atoms with Crippen LogP contribution >= 0.6 is 11.3 Å². The summed E-state index contributed by atoms with van der Waals surface area (Å²) in [5, 5.41) is 10.4. The van der Waals surface area contributed by atoms with Crippen LogP contribution in [0.4, 0.5) is 0 Å². The highest BCUT2D eigenvalue weighted by atomic mass is 32.1. The van der Waals surface area contributed by atoms with Crippen LogP contribution in [-0.2, 0) is 19.6 Å². The second kappa shape index (κ2) is 10.2. The lowest BCUT2D eigenvalue weighted by Crippen LogP contribution is -2.25. The van der Waals surface area contributed by atoms with Gasteiger partial charge in [-0.05, 0) is 54.1 Å².